The summed E-state index contributed by atoms with van der Waals surface area (Å²) in [5.74, 6) is 1.50. The number of ether oxygens (including phenoxy) is 1. The monoisotopic (exact) mass is 212 g/mol. The minimum absolute atomic E-state index is 0.123. The lowest BCUT2D eigenvalue weighted by molar-refractivity contribution is -0.132. The smallest absolute Gasteiger partial charge is 0.161 e. The summed E-state index contributed by atoms with van der Waals surface area (Å²) in [4.78, 5) is 11.9. The average Bonchev–Trinajstić information content (AvgIpc) is 2.07. The summed E-state index contributed by atoms with van der Waals surface area (Å²) in [6.07, 6.45) is 5.41. The molecule has 1 atom stereocenters. The molecular weight excluding hydrogens is 188 g/mol. The molecule has 2 nitrogen and oxygen atoms in total. The lowest BCUT2D eigenvalue weighted by atomic mass is 9.80. The number of hydrogen-bond donors (Lipinski definition) is 0. The summed E-state index contributed by atoms with van der Waals surface area (Å²) in [6.45, 7) is 6.80. The van der Waals surface area contributed by atoms with E-state index in [1.54, 1.807) is 0 Å². The van der Waals surface area contributed by atoms with Gasteiger partial charge < -0.3 is 4.74 Å². The van der Waals surface area contributed by atoms with Gasteiger partial charge >= 0.3 is 0 Å². The molecule has 0 aromatic rings. The number of carbonyl (C=O) groups is 1. The normalized spacial score (nSPS) is 18.9. The molecule has 1 unspecified atom stereocenters. The molecule has 0 bridgehead atoms. The van der Waals surface area contributed by atoms with Crippen LogP contribution in [0.3, 0.4) is 0 Å². The maximum atomic E-state index is 11.9. The Morgan fingerprint density at radius 1 is 1.40 bits per heavy atom. The van der Waals surface area contributed by atoms with Crippen LogP contribution in [0.25, 0.3) is 0 Å². The summed E-state index contributed by atoms with van der Waals surface area (Å²) < 4.78 is 5.56. The van der Waals surface area contributed by atoms with Crippen LogP contribution >= 0.6 is 0 Å². The third-order valence-corrected chi connectivity index (χ3v) is 3.11. The van der Waals surface area contributed by atoms with E-state index in [0.29, 0.717) is 24.7 Å². The molecule has 88 valence electrons. The Morgan fingerprint density at radius 2 is 2.07 bits per heavy atom. The average molecular weight is 212 g/mol. The van der Waals surface area contributed by atoms with Gasteiger partial charge in [0.05, 0.1) is 0 Å². The summed E-state index contributed by atoms with van der Waals surface area (Å²) in [6, 6.07) is 0. The molecule has 1 fully saturated rings. The highest BCUT2D eigenvalue weighted by Crippen LogP contribution is 2.31. The van der Waals surface area contributed by atoms with Crippen molar-refractivity contribution in [3.8, 4) is 0 Å². The molecule has 0 N–H and O–H groups in total. The van der Waals surface area contributed by atoms with Gasteiger partial charge in [0.15, 0.2) is 5.78 Å². The Morgan fingerprint density at radius 3 is 2.47 bits per heavy atom. The predicted octanol–water partition coefficient (Wildman–Crippen LogP) is 3.20. The van der Waals surface area contributed by atoms with Crippen molar-refractivity contribution >= 4 is 5.78 Å². The number of rotatable bonds is 7. The third kappa shape index (κ3) is 4.33. The zero-order valence-corrected chi connectivity index (χ0v) is 10.3. The van der Waals surface area contributed by atoms with Crippen LogP contribution in [0.2, 0.25) is 0 Å². The zero-order valence-electron chi connectivity index (χ0n) is 10.3. The van der Waals surface area contributed by atoms with E-state index in [-0.39, 0.29) is 6.10 Å². The standard InChI is InChI=1S/C13H24O2/c1-4-15-13(9-11-6-5-7-11)12(14)8-10(2)3/h10-11,13H,4-9H2,1-3H3. The first-order chi connectivity index (χ1) is 7.13. The molecule has 0 aromatic heterocycles. The van der Waals surface area contributed by atoms with Crippen LogP contribution in [0.15, 0.2) is 0 Å². The quantitative estimate of drug-likeness (QED) is 0.648. The second-order valence-electron chi connectivity index (χ2n) is 5.04. The Kier molecular flexibility index (Phi) is 5.30. The minimum Gasteiger partial charge on any atom is -0.371 e. The van der Waals surface area contributed by atoms with Crippen molar-refractivity contribution in [1.82, 2.24) is 0 Å². The number of hydrogen-bond acceptors (Lipinski definition) is 2. The fraction of sp³-hybridized carbons (Fsp3) is 0.923. The van der Waals surface area contributed by atoms with E-state index in [1.807, 2.05) is 6.92 Å². The maximum absolute atomic E-state index is 11.9. The lowest BCUT2D eigenvalue weighted by Crippen LogP contribution is -2.30. The topological polar surface area (TPSA) is 26.3 Å². The van der Waals surface area contributed by atoms with Crippen molar-refractivity contribution in [2.24, 2.45) is 11.8 Å². The molecular formula is C13H24O2. The van der Waals surface area contributed by atoms with Gasteiger partial charge in [-0.15, -0.1) is 0 Å². The molecule has 1 aliphatic rings. The van der Waals surface area contributed by atoms with Crippen molar-refractivity contribution in [3.63, 3.8) is 0 Å². The number of Topliss-reactive ketones (excluding diaryl/α,β-unsaturated/α-hetero) is 1. The highest BCUT2D eigenvalue weighted by molar-refractivity contribution is 5.83. The van der Waals surface area contributed by atoms with Crippen molar-refractivity contribution in [3.05, 3.63) is 0 Å². The first kappa shape index (κ1) is 12.7. The molecule has 1 rings (SSSR count). The van der Waals surface area contributed by atoms with Gasteiger partial charge in [0.25, 0.3) is 0 Å². The van der Waals surface area contributed by atoms with Gasteiger partial charge in [-0.05, 0) is 25.2 Å². The van der Waals surface area contributed by atoms with Crippen molar-refractivity contribution in [1.29, 1.82) is 0 Å². The summed E-state index contributed by atoms with van der Waals surface area (Å²) in [5, 5.41) is 0. The van der Waals surface area contributed by atoms with Crippen LogP contribution in [0, 0.1) is 11.8 Å². The summed E-state index contributed by atoms with van der Waals surface area (Å²) in [7, 11) is 0. The molecule has 0 saturated heterocycles. The van der Waals surface area contributed by atoms with Crippen molar-refractivity contribution < 1.29 is 9.53 Å². The van der Waals surface area contributed by atoms with Gasteiger partial charge in [-0.3, -0.25) is 4.79 Å². The Bertz CT molecular complexity index is 195. The fourth-order valence-electron chi connectivity index (χ4n) is 2.06. The second kappa shape index (κ2) is 6.26. The van der Waals surface area contributed by atoms with Gasteiger partial charge in [-0.1, -0.05) is 33.1 Å². The Labute approximate surface area is 93.4 Å². The zero-order chi connectivity index (χ0) is 11.3. The van der Waals surface area contributed by atoms with E-state index in [1.165, 1.54) is 19.3 Å². The minimum atomic E-state index is -0.123. The van der Waals surface area contributed by atoms with Crippen molar-refractivity contribution in [2.75, 3.05) is 6.61 Å². The molecule has 0 aromatic carbocycles. The van der Waals surface area contributed by atoms with Crippen molar-refractivity contribution in [2.45, 2.75) is 59.0 Å². The summed E-state index contributed by atoms with van der Waals surface area (Å²) >= 11 is 0. The first-order valence-electron chi connectivity index (χ1n) is 6.27. The molecule has 2 heteroatoms. The van der Waals surface area contributed by atoms with Gasteiger partial charge in [-0.25, -0.2) is 0 Å². The summed E-state index contributed by atoms with van der Waals surface area (Å²) in [5.41, 5.74) is 0. The van der Waals surface area contributed by atoms with Crippen LogP contribution in [0.4, 0.5) is 0 Å². The van der Waals surface area contributed by atoms with Gasteiger partial charge in [0.2, 0.25) is 0 Å². The SMILES string of the molecule is CCOC(CC1CCC1)C(=O)CC(C)C. The van der Waals surface area contributed by atoms with E-state index in [9.17, 15) is 4.79 Å². The molecule has 1 aliphatic carbocycles. The predicted molar refractivity (Wildman–Crippen MR) is 61.8 cm³/mol. The molecule has 0 amide bonds. The fourth-order valence-corrected chi connectivity index (χ4v) is 2.06. The third-order valence-electron chi connectivity index (χ3n) is 3.11. The Balaban J connectivity index is 2.36. The molecule has 0 spiro atoms. The molecule has 0 radical (unpaired) electrons. The van der Waals surface area contributed by atoms with E-state index in [2.05, 4.69) is 13.8 Å². The van der Waals surface area contributed by atoms with Crippen LogP contribution in [0.5, 0.6) is 0 Å². The van der Waals surface area contributed by atoms with E-state index < -0.39 is 0 Å². The highest BCUT2D eigenvalue weighted by Gasteiger charge is 2.26. The van der Waals surface area contributed by atoms with Crippen LogP contribution in [-0.4, -0.2) is 18.5 Å². The Hall–Kier alpha value is -0.370. The number of carbonyl (C=O) groups excluding carboxylic acids is 1. The van der Waals surface area contributed by atoms with E-state index in [0.717, 1.165) is 12.3 Å². The molecule has 0 heterocycles. The molecule has 0 aliphatic heterocycles. The van der Waals surface area contributed by atoms with Gasteiger partial charge in [0.1, 0.15) is 6.10 Å². The number of ketones is 1. The van der Waals surface area contributed by atoms with Gasteiger partial charge in [0, 0.05) is 13.0 Å². The van der Waals surface area contributed by atoms with Crippen LogP contribution < -0.4 is 0 Å². The first-order valence-corrected chi connectivity index (χ1v) is 6.27. The largest absolute Gasteiger partial charge is 0.371 e. The van der Waals surface area contributed by atoms with Gasteiger partial charge in [-0.2, -0.15) is 0 Å². The maximum Gasteiger partial charge on any atom is 0.161 e. The van der Waals surface area contributed by atoms with Crippen LogP contribution in [-0.2, 0) is 9.53 Å². The van der Waals surface area contributed by atoms with Crippen LogP contribution in [0.1, 0.15) is 52.9 Å². The van der Waals surface area contributed by atoms with E-state index in [4.69, 9.17) is 4.74 Å². The highest BCUT2D eigenvalue weighted by atomic mass is 16.5. The second-order valence-corrected chi connectivity index (χ2v) is 5.04. The van der Waals surface area contributed by atoms with E-state index >= 15 is 0 Å². The molecule has 1 saturated carbocycles. The molecule has 15 heavy (non-hydrogen) atoms. The lowest BCUT2D eigenvalue weighted by Gasteiger charge is -2.29.